The second kappa shape index (κ2) is 8.18. The monoisotopic (exact) mass is 469 g/mol. The van der Waals surface area contributed by atoms with Gasteiger partial charge in [0.15, 0.2) is 17.3 Å². The molecule has 0 fully saturated rings. The number of ether oxygens (including phenoxy) is 2. The van der Waals surface area contributed by atoms with Crippen LogP contribution in [-0.4, -0.2) is 28.3 Å². The molecule has 0 spiro atoms. The number of thiazole rings is 1. The van der Waals surface area contributed by atoms with Gasteiger partial charge in [-0.3, -0.25) is 4.79 Å². The molecular formula is C21H16BrN3O3S. The molecule has 0 N–H and O–H groups in total. The molecule has 0 saturated heterocycles. The van der Waals surface area contributed by atoms with Gasteiger partial charge < -0.3 is 9.47 Å². The molecular weight excluding hydrogens is 454 g/mol. The number of hydrogen-bond acceptors (Lipinski definition) is 6. The molecule has 8 heteroatoms. The summed E-state index contributed by atoms with van der Waals surface area (Å²) in [5.41, 5.74) is 1.45. The quantitative estimate of drug-likeness (QED) is 0.402. The molecule has 4 aromatic rings. The predicted octanol–water partition coefficient (Wildman–Crippen LogP) is 3.70. The van der Waals surface area contributed by atoms with Crippen molar-refractivity contribution in [2.24, 2.45) is 0 Å². The maximum absolute atomic E-state index is 12.8. The van der Waals surface area contributed by atoms with Crippen LogP contribution in [0.4, 0.5) is 0 Å². The van der Waals surface area contributed by atoms with E-state index in [2.05, 4.69) is 32.6 Å². The summed E-state index contributed by atoms with van der Waals surface area (Å²) in [4.78, 5) is 17.8. The molecule has 0 atom stereocenters. The molecule has 2 aromatic heterocycles. The number of rotatable bonds is 6. The maximum Gasteiger partial charge on any atom is 0.291 e. The van der Waals surface area contributed by atoms with Crippen molar-refractivity contribution in [3.63, 3.8) is 0 Å². The van der Waals surface area contributed by atoms with Gasteiger partial charge in [0.1, 0.15) is 6.61 Å². The van der Waals surface area contributed by atoms with E-state index >= 15 is 0 Å². The molecule has 0 radical (unpaired) electrons. The highest BCUT2D eigenvalue weighted by molar-refractivity contribution is 9.10. The number of fused-ring (bicyclic) bond motifs is 1. The largest absolute Gasteiger partial charge is 0.493 e. The standard InChI is InChI=1S/C21H16BrN3O3S/c1-3-10-28-16-9-8-13(11-17(16)27-2)12-18-20(26)25-21(29-18)23-19(24-25)14-6-4-5-7-15(14)22/h3-9,11-12H,1,10H2,2H3. The number of halogens is 1. The van der Waals surface area contributed by atoms with Crippen LogP contribution in [0.3, 0.4) is 0 Å². The highest BCUT2D eigenvalue weighted by Gasteiger charge is 2.14. The molecule has 2 heterocycles. The first-order valence-electron chi connectivity index (χ1n) is 8.68. The Morgan fingerprint density at radius 3 is 2.79 bits per heavy atom. The Hall–Kier alpha value is -2.97. The van der Waals surface area contributed by atoms with Crippen molar-refractivity contribution >= 4 is 38.3 Å². The Morgan fingerprint density at radius 1 is 1.24 bits per heavy atom. The lowest BCUT2D eigenvalue weighted by Gasteiger charge is -2.09. The van der Waals surface area contributed by atoms with Crippen molar-refractivity contribution in [1.29, 1.82) is 0 Å². The first-order valence-corrected chi connectivity index (χ1v) is 10.3. The van der Waals surface area contributed by atoms with Crippen molar-refractivity contribution in [2.45, 2.75) is 0 Å². The third-order valence-corrected chi connectivity index (χ3v) is 5.79. The highest BCUT2D eigenvalue weighted by Crippen LogP contribution is 2.28. The highest BCUT2D eigenvalue weighted by atomic mass is 79.9. The van der Waals surface area contributed by atoms with Gasteiger partial charge in [-0.05, 0) is 35.9 Å². The van der Waals surface area contributed by atoms with Crippen LogP contribution in [0.2, 0.25) is 0 Å². The average Bonchev–Trinajstić information content (AvgIpc) is 3.26. The van der Waals surface area contributed by atoms with Crippen LogP contribution < -0.4 is 19.6 Å². The predicted molar refractivity (Wildman–Crippen MR) is 118 cm³/mol. The van der Waals surface area contributed by atoms with Gasteiger partial charge in [-0.25, -0.2) is 0 Å². The van der Waals surface area contributed by atoms with Crippen molar-refractivity contribution in [1.82, 2.24) is 14.6 Å². The van der Waals surface area contributed by atoms with Crippen LogP contribution in [0.1, 0.15) is 5.56 Å². The number of aromatic nitrogens is 3. The smallest absolute Gasteiger partial charge is 0.291 e. The lowest BCUT2D eigenvalue weighted by Crippen LogP contribution is -2.23. The number of methoxy groups -OCH3 is 1. The first-order chi connectivity index (χ1) is 14.1. The van der Waals surface area contributed by atoms with Crippen LogP contribution in [0.25, 0.3) is 22.4 Å². The molecule has 0 unspecified atom stereocenters. The van der Waals surface area contributed by atoms with Crippen molar-refractivity contribution in [3.05, 3.63) is 80.0 Å². The van der Waals surface area contributed by atoms with Crippen molar-refractivity contribution in [2.75, 3.05) is 13.7 Å². The average molecular weight is 470 g/mol. The van der Waals surface area contributed by atoms with Crippen LogP contribution in [0.15, 0.2) is 64.4 Å². The zero-order valence-corrected chi connectivity index (χ0v) is 17.9. The van der Waals surface area contributed by atoms with Crippen LogP contribution in [-0.2, 0) is 0 Å². The van der Waals surface area contributed by atoms with Crippen LogP contribution in [0, 0.1) is 0 Å². The molecule has 0 amide bonds. The van der Waals surface area contributed by atoms with E-state index in [-0.39, 0.29) is 5.56 Å². The summed E-state index contributed by atoms with van der Waals surface area (Å²) in [6, 6.07) is 13.1. The minimum absolute atomic E-state index is 0.207. The van der Waals surface area contributed by atoms with Gasteiger partial charge in [-0.15, -0.1) is 5.10 Å². The zero-order valence-electron chi connectivity index (χ0n) is 15.5. The molecule has 0 saturated carbocycles. The lowest BCUT2D eigenvalue weighted by atomic mass is 10.2. The van der Waals surface area contributed by atoms with E-state index < -0.39 is 0 Å². The molecule has 0 bridgehead atoms. The molecule has 146 valence electrons. The summed E-state index contributed by atoms with van der Waals surface area (Å²) in [5.74, 6) is 1.72. The number of benzene rings is 2. The summed E-state index contributed by atoms with van der Waals surface area (Å²) in [5, 5.41) is 4.39. The van der Waals surface area contributed by atoms with Crippen molar-refractivity contribution < 1.29 is 9.47 Å². The Labute approximate surface area is 178 Å². The van der Waals surface area contributed by atoms with Gasteiger partial charge in [0.25, 0.3) is 5.56 Å². The van der Waals surface area contributed by atoms with E-state index in [1.807, 2.05) is 36.4 Å². The Morgan fingerprint density at radius 2 is 2.07 bits per heavy atom. The van der Waals surface area contributed by atoms with E-state index in [1.165, 1.54) is 15.9 Å². The summed E-state index contributed by atoms with van der Waals surface area (Å²) in [6.45, 7) is 4.02. The van der Waals surface area contributed by atoms with E-state index in [1.54, 1.807) is 25.3 Å². The fraction of sp³-hybridized carbons (Fsp3) is 0.0952. The van der Waals surface area contributed by atoms with E-state index in [9.17, 15) is 4.79 Å². The van der Waals surface area contributed by atoms with Gasteiger partial charge in [0.05, 0.1) is 11.6 Å². The first kappa shape index (κ1) is 19.4. The van der Waals surface area contributed by atoms with Gasteiger partial charge in [-0.2, -0.15) is 9.50 Å². The summed E-state index contributed by atoms with van der Waals surface area (Å²) < 4.78 is 13.7. The number of nitrogens with zero attached hydrogens (tertiary/aromatic N) is 3. The third-order valence-electron chi connectivity index (χ3n) is 4.14. The Kier molecular flexibility index (Phi) is 5.46. The fourth-order valence-corrected chi connectivity index (χ4v) is 4.15. The second-order valence-corrected chi connectivity index (χ2v) is 7.90. The molecule has 0 aliphatic heterocycles. The summed E-state index contributed by atoms with van der Waals surface area (Å²) in [6.07, 6.45) is 3.46. The Balaban J connectivity index is 1.73. The minimum atomic E-state index is -0.207. The number of hydrogen-bond donors (Lipinski definition) is 0. The zero-order chi connectivity index (χ0) is 20.4. The molecule has 2 aromatic carbocycles. The molecule has 6 nitrogen and oxygen atoms in total. The van der Waals surface area contributed by atoms with Crippen molar-refractivity contribution in [3.8, 4) is 22.9 Å². The van der Waals surface area contributed by atoms with Gasteiger partial charge in [-0.1, -0.05) is 58.1 Å². The van der Waals surface area contributed by atoms with Crippen LogP contribution in [0.5, 0.6) is 11.5 Å². The summed E-state index contributed by atoms with van der Waals surface area (Å²) in [7, 11) is 1.57. The lowest BCUT2D eigenvalue weighted by molar-refractivity contribution is 0.326. The van der Waals surface area contributed by atoms with Crippen LogP contribution >= 0.6 is 27.3 Å². The van der Waals surface area contributed by atoms with Gasteiger partial charge >= 0.3 is 0 Å². The minimum Gasteiger partial charge on any atom is -0.493 e. The Bertz CT molecular complexity index is 1310. The van der Waals surface area contributed by atoms with E-state index in [4.69, 9.17) is 9.47 Å². The third kappa shape index (κ3) is 3.81. The van der Waals surface area contributed by atoms with Gasteiger partial charge in [0, 0.05) is 10.0 Å². The molecule has 0 aliphatic carbocycles. The van der Waals surface area contributed by atoms with Gasteiger partial charge in [0.2, 0.25) is 4.96 Å². The SMILES string of the molecule is C=CCOc1ccc(C=c2sc3nc(-c4ccccc4Br)nn3c2=O)cc1OC. The topological polar surface area (TPSA) is 65.7 Å². The fourth-order valence-electron chi connectivity index (χ4n) is 2.78. The maximum atomic E-state index is 12.8. The molecule has 4 rings (SSSR count). The van der Waals surface area contributed by atoms with E-state index in [0.29, 0.717) is 33.4 Å². The molecule has 29 heavy (non-hydrogen) atoms. The van der Waals surface area contributed by atoms with E-state index in [0.717, 1.165) is 15.6 Å². The second-order valence-electron chi connectivity index (χ2n) is 6.04. The summed E-state index contributed by atoms with van der Waals surface area (Å²) >= 11 is 4.79. The normalized spacial score (nSPS) is 11.7. The molecule has 0 aliphatic rings.